The van der Waals surface area contributed by atoms with Gasteiger partial charge in [-0.25, -0.2) is 9.59 Å². The molecule has 0 aromatic carbocycles. The van der Waals surface area contributed by atoms with Crippen LogP contribution in [0.3, 0.4) is 0 Å². The number of ether oxygens (including phenoxy) is 2. The maximum Gasteiger partial charge on any atom is 0.340 e. The molecule has 0 amide bonds. The smallest absolute Gasteiger partial charge is 0.340 e. The van der Waals surface area contributed by atoms with Crippen molar-refractivity contribution in [3.05, 3.63) is 46.5 Å². The Morgan fingerprint density at radius 1 is 1.17 bits per heavy atom. The lowest BCUT2D eigenvalue weighted by molar-refractivity contribution is -0.135. The first kappa shape index (κ1) is 18.9. The zero-order valence-corrected chi connectivity index (χ0v) is 16.9. The van der Waals surface area contributed by atoms with Gasteiger partial charge >= 0.3 is 11.9 Å². The first-order valence-corrected chi connectivity index (χ1v) is 11.0. The Morgan fingerprint density at radius 2 is 2.03 bits per heavy atom. The molecule has 29 heavy (non-hydrogen) atoms. The number of rotatable bonds is 5. The number of carbonyl (C=O) groups excluding carboxylic acids is 2. The molecule has 2 bridgehead atoms. The van der Waals surface area contributed by atoms with Crippen LogP contribution in [0.4, 0.5) is 0 Å². The Bertz CT molecular complexity index is 889. The highest BCUT2D eigenvalue weighted by Gasteiger charge is 2.66. The lowest BCUT2D eigenvalue weighted by atomic mass is 9.47. The Kier molecular flexibility index (Phi) is 4.54. The number of unbranched alkanes of at least 4 members (excludes halogenated alkanes) is 2. The number of hydrogen-bond acceptors (Lipinski definition) is 5. The maximum atomic E-state index is 13.0. The summed E-state index contributed by atoms with van der Waals surface area (Å²) in [5.41, 5.74) is 2.06. The Morgan fingerprint density at radius 3 is 2.83 bits per heavy atom. The molecular formula is C24H28O5. The Labute approximate surface area is 171 Å². The van der Waals surface area contributed by atoms with Gasteiger partial charge in [-0.05, 0) is 68.9 Å². The molecule has 2 heterocycles. The van der Waals surface area contributed by atoms with E-state index in [-0.39, 0.29) is 24.5 Å². The Hall–Kier alpha value is -2.14. The SMILES string of the molecule is CCC/C=C1\OC(=O)C2=C1CC[C@H]1[C@@H]3C=C4C(=O)OC(=CCCCO)[C@]4(CC3)[C@@H]21. The minimum Gasteiger partial charge on any atom is -0.427 e. The highest BCUT2D eigenvalue weighted by Crippen LogP contribution is 2.68. The van der Waals surface area contributed by atoms with Crippen molar-refractivity contribution in [3.63, 3.8) is 0 Å². The summed E-state index contributed by atoms with van der Waals surface area (Å²) >= 11 is 0. The average Bonchev–Trinajstić information content (AvgIpc) is 3.21. The molecule has 154 valence electrons. The van der Waals surface area contributed by atoms with Gasteiger partial charge in [-0.15, -0.1) is 0 Å². The molecule has 2 fully saturated rings. The van der Waals surface area contributed by atoms with Crippen molar-refractivity contribution in [3.8, 4) is 0 Å². The molecule has 4 aliphatic carbocycles. The minimum atomic E-state index is -0.536. The van der Waals surface area contributed by atoms with E-state index in [4.69, 9.17) is 9.47 Å². The quantitative estimate of drug-likeness (QED) is 0.559. The molecule has 1 saturated heterocycles. The van der Waals surface area contributed by atoms with Crippen molar-refractivity contribution >= 4 is 11.9 Å². The van der Waals surface area contributed by atoms with Gasteiger partial charge in [0.25, 0.3) is 0 Å². The van der Waals surface area contributed by atoms with Gasteiger partial charge in [-0.3, -0.25) is 0 Å². The van der Waals surface area contributed by atoms with E-state index < -0.39 is 5.41 Å². The second-order valence-corrected chi connectivity index (χ2v) is 8.90. The highest BCUT2D eigenvalue weighted by molar-refractivity contribution is 5.99. The van der Waals surface area contributed by atoms with Crippen LogP contribution in [0.1, 0.15) is 58.3 Å². The van der Waals surface area contributed by atoms with E-state index in [1.165, 1.54) is 0 Å². The first-order valence-electron chi connectivity index (χ1n) is 11.0. The van der Waals surface area contributed by atoms with Crippen molar-refractivity contribution in [2.24, 2.45) is 23.2 Å². The van der Waals surface area contributed by atoms with E-state index in [0.717, 1.165) is 61.0 Å². The van der Waals surface area contributed by atoms with Crippen LogP contribution in [0, 0.1) is 23.2 Å². The molecule has 0 aromatic rings. The van der Waals surface area contributed by atoms with Crippen molar-refractivity contribution < 1.29 is 24.2 Å². The topological polar surface area (TPSA) is 72.8 Å². The van der Waals surface area contributed by atoms with E-state index in [9.17, 15) is 14.7 Å². The van der Waals surface area contributed by atoms with Gasteiger partial charge in [0.15, 0.2) is 0 Å². The predicted molar refractivity (Wildman–Crippen MR) is 106 cm³/mol. The summed E-state index contributed by atoms with van der Waals surface area (Å²) in [5.74, 6) is 1.58. The van der Waals surface area contributed by atoms with Crippen molar-refractivity contribution in [2.45, 2.75) is 58.3 Å². The van der Waals surface area contributed by atoms with Gasteiger partial charge in [0, 0.05) is 29.2 Å². The van der Waals surface area contributed by atoms with Crippen LogP contribution in [0.2, 0.25) is 0 Å². The van der Waals surface area contributed by atoms with Crippen LogP contribution in [0.15, 0.2) is 46.5 Å². The molecule has 0 aromatic heterocycles. The molecule has 5 heteroatoms. The molecule has 1 N–H and O–H groups in total. The fraction of sp³-hybridized carbons (Fsp3) is 0.583. The lowest BCUT2D eigenvalue weighted by Crippen LogP contribution is -2.50. The van der Waals surface area contributed by atoms with E-state index in [1.807, 2.05) is 12.2 Å². The normalized spacial score (nSPS) is 37.4. The molecule has 6 aliphatic rings. The predicted octanol–water partition coefficient (Wildman–Crippen LogP) is 4.10. The first-order chi connectivity index (χ1) is 14.1. The Balaban J connectivity index is 1.64. The van der Waals surface area contributed by atoms with E-state index in [0.29, 0.717) is 30.4 Å². The number of esters is 2. The summed E-state index contributed by atoms with van der Waals surface area (Å²) in [4.78, 5) is 25.8. The molecule has 2 aliphatic heterocycles. The molecule has 6 rings (SSSR count). The average molecular weight is 396 g/mol. The maximum absolute atomic E-state index is 13.0. The van der Waals surface area contributed by atoms with E-state index >= 15 is 0 Å². The zero-order chi connectivity index (χ0) is 20.2. The van der Waals surface area contributed by atoms with E-state index in [2.05, 4.69) is 13.0 Å². The second kappa shape index (κ2) is 6.98. The number of aliphatic hydroxyl groups excluding tert-OH is 1. The van der Waals surface area contributed by atoms with Crippen LogP contribution in [-0.4, -0.2) is 23.7 Å². The van der Waals surface area contributed by atoms with Gasteiger partial charge in [0.1, 0.15) is 11.5 Å². The second-order valence-electron chi connectivity index (χ2n) is 8.90. The number of aliphatic hydroxyl groups is 1. The van der Waals surface area contributed by atoms with E-state index in [1.54, 1.807) is 0 Å². The third kappa shape index (κ3) is 2.56. The molecule has 4 atom stereocenters. The largest absolute Gasteiger partial charge is 0.427 e. The zero-order valence-electron chi connectivity index (χ0n) is 16.9. The van der Waals surface area contributed by atoms with Gasteiger partial charge in [0.05, 0.1) is 5.41 Å². The highest BCUT2D eigenvalue weighted by atomic mass is 16.5. The fourth-order valence-electron chi connectivity index (χ4n) is 6.34. The summed E-state index contributed by atoms with van der Waals surface area (Å²) < 4.78 is 11.5. The lowest BCUT2D eigenvalue weighted by Gasteiger charge is -2.54. The summed E-state index contributed by atoms with van der Waals surface area (Å²) in [6, 6.07) is 0. The number of carbonyl (C=O) groups is 2. The van der Waals surface area contributed by atoms with Crippen LogP contribution in [-0.2, 0) is 19.1 Å². The standard InChI is InChI=1S/C24H28O5/c1-2-3-6-18-16-9-8-15-14-10-11-24(21(15)20(16)23(27)28-18)17(13-14)22(26)29-19(24)7-4-5-12-25/h6-7,13-15,21,25H,2-5,8-12H2,1H3/b18-6-,19-7?/t14-,15-,21+,24+/m0/s1. The third-order valence-electron chi connectivity index (χ3n) is 7.50. The number of fused-ring (bicyclic) bond motifs is 1. The van der Waals surface area contributed by atoms with Gasteiger partial charge in [-0.2, -0.15) is 0 Å². The van der Waals surface area contributed by atoms with Crippen molar-refractivity contribution in [1.29, 1.82) is 0 Å². The molecule has 0 radical (unpaired) electrons. The molecule has 0 unspecified atom stereocenters. The van der Waals surface area contributed by atoms with Gasteiger partial charge in [0.2, 0.25) is 0 Å². The molecule has 1 saturated carbocycles. The van der Waals surface area contributed by atoms with Crippen LogP contribution >= 0.6 is 0 Å². The minimum absolute atomic E-state index is 0.0446. The molecule has 1 spiro atoms. The number of allylic oxidation sites excluding steroid dienone is 5. The molecule has 5 nitrogen and oxygen atoms in total. The van der Waals surface area contributed by atoms with Crippen molar-refractivity contribution in [2.75, 3.05) is 6.61 Å². The number of cyclic esters (lactones) is 2. The van der Waals surface area contributed by atoms with Crippen molar-refractivity contribution in [1.82, 2.24) is 0 Å². The van der Waals surface area contributed by atoms with Crippen LogP contribution < -0.4 is 0 Å². The summed E-state index contributed by atoms with van der Waals surface area (Å²) in [5, 5.41) is 9.18. The number of hydrogen-bond donors (Lipinski definition) is 1. The van der Waals surface area contributed by atoms with Gasteiger partial charge in [-0.1, -0.05) is 19.4 Å². The van der Waals surface area contributed by atoms with Crippen LogP contribution in [0.25, 0.3) is 0 Å². The summed E-state index contributed by atoms with van der Waals surface area (Å²) in [7, 11) is 0. The fourth-order valence-corrected chi connectivity index (χ4v) is 6.34. The summed E-state index contributed by atoms with van der Waals surface area (Å²) in [6.07, 6.45) is 13.1. The third-order valence-corrected chi connectivity index (χ3v) is 7.50. The monoisotopic (exact) mass is 396 g/mol. The van der Waals surface area contributed by atoms with Gasteiger partial charge < -0.3 is 14.6 Å². The summed E-state index contributed by atoms with van der Waals surface area (Å²) in [6.45, 7) is 2.22. The van der Waals surface area contributed by atoms with Crippen LogP contribution in [0.5, 0.6) is 0 Å². The molecular weight excluding hydrogens is 368 g/mol.